The number of rotatable bonds is 8. The van der Waals surface area contributed by atoms with Crippen molar-refractivity contribution in [2.45, 2.75) is 26.8 Å². The number of methoxy groups -OCH3 is 2. The quantitative estimate of drug-likeness (QED) is 0.251. The molecule has 4 rings (SSSR count). The molecule has 1 N–H and O–H groups in total. The van der Waals surface area contributed by atoms with E-state index in [1.165, 1.54) is 12.0 Å². The van der Waals surface area contributed by atoms with E-state index >= 15 is 0 Å². The first kappa shape index (κ1) is 25.8. The molecule has 37 heavy (non-hydrogen) atoms. The molecule has 0 saturated carbocycles. The highest BCUT2D eigenvalue weighted by Crippen LogP contribution is 2.44. The fraction of sp³-hybridized carbons (Fsp3) is 0.267. The lowest BCUT2D eigenvalue weighted by molar-refractivity contribution is -0.132. The number of carbonyl (C=O) groups is 2. The van der Waals surface area contributed by atoms with Crippen LogP contribution >= 0.6 is 0 Å². The number of hydrogen-bond acceptors (Lipinski definition) is 6. The van der Waals surface area contributed by atoms with Crippen LogP contribution in [0.4, 0.5) is 11.4 Å². The van der Waals surface area contributed by atoms with E-state index in [1.807, 2.05) is 43.3 Å². The van der Waals surface area contributed by atoms with Gasteiger partial charge in [-0.15, -0.1) is 0 Å². The van der Waals surface area contributed by atoms with Crippen molar-refractivity contribution < 1.29 is 24.2 Å². The van der Waals surface area contributed by atoms with Crippen molar-refractivity contribution in [3.8, 4) is 11.5 Å². The molecule has 7 heteroatoms. The van der Waals surface area contributed by atoms with Crippen LogP contribution in [0.2, 0.25) is 0 Å². The maximum absolute atomic E-state index is 13.5. The first-order valence-electron chi connectivity index (χ1n) is 12.3. The minimum atomic E-state index is -0.861. The van der Waals surface area contributed by atoms with Crippen LogP contribution < -0.4 is 19.3 Å². The Morgan fingerprint density at radius 2 is 1.65 bits per heavy atom. The van der Waals surface area contributed by atoms with Crippen molar-refractivity contribution in [2.24, 2.45) is 0 Å². The molecule has 0 radical (unpaired) electrons. The van der Waals surface area contributed by atoms with Crippen molar-refractivity contribution in [3.05, 3.63) is 89.0 Å². The van der Waals surface area contributed by atoms with Gasteiger partial charge in [-0.1, -0.05) is 23.8 Å². The second-order valence-corrected chi connectivity index (χ2v) is 8.84. The van der Waals surface area contributed by atoms with Gasteiger partial charge in [-0.25, -0.2) is 0 Å². The second-order valence-electron chi connectivity index (χ2n) is 8.84. The zero-order chi connectivity index (χ0) is 26.7. The Morgan fingerprint density at radius 3 is 2.27 bits per heavy atom. The number of ketones is 1. The number of anilines is 2. The standard InChI is InChI=1S/C30H32N2O5/c1-6-31(7-2)21-12-14-22(15-13-21)32-27(20-9-8-10-23(18-20)36-4)26(29(34)30(32)35)28(33)24-17-19(3)11-16-25(24)37-5/h8-18,27,33H,6-7H2,1-5H3/b28-26+. The molecular weight excluding hydrogens is 468 g/mol. The molecule has 1 fully saturated rings. The van der Waals surface area contributed by atoms with Crippen LogP contribution in [-0.2, 0) is 9.59 Å². The molecule has 192 valence electrons. The first-order valence-corrected chi connectivity index (χ1v) is 12.3. The minimum Gasteiger partial charge on any atom is -0.507 e. The predicted molar refractivity (Wildman–Crippen MR) is 146 cm³/mol. The number of nitrogens with zero attached hydrogens (tertiary/aromatic N) is 2. The molecule has 1 unspecified atom stereocenters. The van der Waals surface area contributed by atoms with Crippen molar-refractivity contribution in [3.63, 3.8) is 0 Å². The summed E-state index contributed by atoms with van der Waals surface area (Å²) in [6.45, 7) is 7.74. The lowest BCUT2D eigenvalue weighted by Crippen LogP contribution is -2.29. The third-order valence-electron chi connectivity index (χ3n) is 6.72. The highest BCUT2D eigenvalue weighted by atomic mass is 16.5. The van der Waals surface area contributed by atoms with Crippen LogP contribution in [0.5, 0.6) is 11.5 Å². The van der Waals surface area contributed by atoms with Crippen molar-refractivity contribution >= 4 is 28.8 Å². The Morgan fingerprint density at radius 1 is 0.946 bits per heavy atom. The molecule has 0 spiro atoms. The van der Waals surface area contributed by atoms with E-state index < -0.39 is 17.7 Å². The number of aryl methyl sites for hydroxylation is 1. The Hall–Kier alpha value is -4.26. The van der Waals surface area contributed by atoms with Gasteiger partial charge in [-0.05, 0) is 74.9 Å². The van der Waals surface area contributed by atoms with Gasteiger partial charge in [0.15, 0.2) is 0 Å². The van der Waals surface area contributed by atoms with Crippen LogP contribution in [-0.4, -0.2) is 44.1 Å². The number of hydrogen-bond donors (Lipinski definition) is 1. The van der Waals surface area contributed by atoms with E-state index in [1.54, 1.807) is 37.4 Å². The summed E-state index contributed by atoms with van der Waals surface area (Å²) < 4.78 is 10.9. The summed E-state index contributed by atoms with van der Waals surface area (Å²) in [5, 5.41) is 11.5. The molecular formula is C30H32N2O5. The van der Waals surface area contributed by atoms with Gasteiger partial charge in [-0.3, -0.25) is 14.5 Å². The van der Waals surface area contributed by atoms with Gasteiger partial charge in [0.05, 0.1) is 31.4 Å². The lowest BCUT2D eigenvalue weighted by atomic mass is 9.94. The Bertz CT molecular complexity index is 1340. The number of ether oxygens (including phenoxy) is 2. The molecule has 1 atom stereocenters. The number of carbonyl (C=O) groups excluding carboxylic acids is 2. The summed E-state index contributed by atoms with van der Waals surface area (Å²) in [6.07, 6.45) is 0. The highest BCUT2D eigenvalue weighted by Gasteiger charge is 2.47. The van der Waals surface area contributed by atoms with E-state index in [2.05, 4.69) is 18.7 Å². The zero-order valence-electron chi connectivity index (χ0n) is 21.8. The third-order valence-corrected chi connectivity index (χ3v) is 6.72. The van der Waals surface area contributed by atoms with Crippen molar-refractivity contribution in [2.75, 3.05) is 37.1 Å². The maximum atomic E-state index is 13.5. The molecule has 3 aromatic rings. The molecule has 7 nitrogen and oxygen atoms in total. The summed E-state index contributed by atoms with van der Waals surface area (Å²) in [7, 11) is 3.05. The minimum absolute atomic E-state index is 0.00466. The van der Waals surface area contributed by atoms with Gasteiger partial charge in [-0.2, -0.15) is 0 Å². The van der Waals surface area contributed by atoms with E-state index in [9.17, 15) is 14.7 Å². The number of Topliss-reactive ketones (excluding diaryl/α,β-unsaturated/α-hetero) is 1. The summed E-state index contributed by atoms with van der Waals surface area (Å²) in [4.78, 5) is 30.6. The van der Waals surface area contributed by atoms with Gasteiger partial charge >= 0.3 is 0 Å². The van der Waals surface area contributed by atoms with Crippen LogP contribution in [0.25, 0.3) is 5.76 Å². The monoisotopic (exact) mass is 500 g/mol. The molecule has 0 aliphatic carbocycles. The molecule has 1 aliphatic rings. The summed E-state index contributed by atoms with van der Waals surface area (Å²) >= 11 is 0. The number of aliphatic hydroxyl groups excluding tert-OH is 1. The third kappa shape index (κ3) is 4.77. The molecule has 1 saturated heterocycles. The molecule has 1 amide bonds. The number of aliphatic hydroxyl groups is 1. The molecule has 1 aliphatic heterocycles. The van der Waals surface area contributed by atoms with E-state index in [4.69, 9.17) is 9.47 Å². The largest absolute Gasteiger partial charge is 0.507 e. The van der Waals surface area contributed by atoms with Gasteiger partial charge in [0.1, 0.15) is 17.3 Å². The topological polar surface area (TPSA) is 79.3 Å². The molecule has 0 aromatic heterocycles. The average Bonchev–Trinajstić information content (AvgIpc) is 3.19. The Kier molecular flexibility index (Phi) is 7.53. The van der Waals surface area contributed by atoms with Gasteiger partial charge < -0.3 is 19.5 Å². The summed E-state index contributed by atoms with van der Waals surface area (Å²) in [5.74, 6) is -0.775. The highest BCUT2D eigenvalue weighted by molar-refractivity contribution is 6.51. The van der Waals surface area contributed by atoms with Gasteiger partial charge in [0, 0.05) is 24.5 Å². The fourth-order valence-corrected chi connectivity index (χ4v) is 4.79. The van der Waals surface area contributed by atoms with Crippen LogP contribution in [0.3, 0.4) is 0 Å². The van der Waals surface area contributed by atoms with E-state index in [0.29, 0.717) is 28.3 Å². The molecule has 1 heterocycles. The fourth-order valence-electron chi connectivity index (χ4n) is 4.79. The van der Waals surface area contributed by atoms with Crippen LogP contribution in [0.1, 0.15) is 36.6 Å². The average molecular weight is 501 g/mol. The van der Waals surface area contributed by atoms with E-state index in [0.717, 1.165) is 24.3 Å². The Labute approximate surface area is 217 Å². The normalized spacial score (nSPS) is 16.7. The number of benzene rings is 3. The van der Waals surface area contributed by atoms with Crippen molar-refractivity contribution in [1.29, 1.82) is 0 Å². The molecule has 0 bridgehead atoms. The number of amides is 1. The van der Waals surface area contributed by atoms with E-state index in [-0.39, 0.29) is 11.3 Å². The summed E-state index contributed by atoms with van der Waals surface area (Å²) in [6, 6.07) is 19.2. The maximum Gasteiger partial charge on any atom is 0.300 e. The van der Waals surface area contributed by atoms with Crippen molar-refractivity contribution in [1.82, 2.24) is 0 Å². The second kappa shape index (κ2) is 10.8. The Balaban J connectivity index is 1.93. The SMILES string of the molecule is CCN(CC)c1ccc(N2C(=O)C(=O)/C(=C(/O)c3cc(C)ccc3OC)C2c2cccc(OC)c2)cc1. The lowest BCUT2D eigenvalue weighted by Gasteiger charge is -2.27. The van der Waals surface area contributed by atoms with Gasteiger partial charge in [0.25, 0.3) is 11.7 Å². The first-order chi connectivity index (χ1) is 17.8. The summed E-state index contributed by atoms with van der Waals surface area (Å²) in [5.41, 5.74) is 3.44. The molecule has 3 aromatic carbocycles. The van der Waals surface area contributed by atoms with Crippen LogP contribution in [0, 0.1) is 6.92 Å². The smallest absolute Gasteiger partial charge is 0.300 e. The van der Waals surface area contributed by atoms with Gasteiger partial charge in [0.2, 0.25) is 0 Å². The van der Waals surface area contributed by atoms with Crippen LogP contribution in [0.15, 0.2) is 72.3 Å². The predicted octanol–water partition coefficient (Wildman–Crippen LogP) is 5.48. The zero-order valence-corrected chi connectivity index (χ0v) is 21.8.